The molecule has 1 aromatic rings. The van der Waals surface area contributed by atoms with Crippen LogP contribution in [0, 0.1) is 6.92 Å². The Kier molecular flexibility index (Phi) is 3.47. The zero-order chi connectivity index (χ0) is 9.84. The van der Waals surface area contributed by atoms with Crippen molar-refractivity contribution in [2.45, 2.75) is 46.5 Å². The first-order chi connectivity index (χ1) is 6.15. The van der Waals surface area contributed by atoms with Gasteiger partial charge in [0.05, 0.1) is 0 Å². The van der Waals surface area contributed by atoms with Crippen LogP contribution in [0.15, 0.2) is 12.1 Å². The third-order valence-electron chi connectivity index (χ3n) is 2.31. The fourth-order valence-corrected chi connectivity index (χ4v) is 1.63. The first kappa shape index (κ1) is 10.2. The van der Waals surface area contributed by atoms with Crippen molar-refractivity contribution in [3.05, 3.63) is 29.1 Å². The van der Waals surface area contributed by atoms with Gasteiger partial charge in [-0.3, -0.25) is 4.98 Å². The Balaban J connectivity index is 2.92. The number of nitrogens with zero attached hydrogens (tertiary/aromatic N) is 1. The molecule has 1 heteroatoms. The lowest BCUT2D eigenvalue weighted by Crippen LogP contribution is -1.98. The highest BCUT2D eigenvalue weighted by molar-refractivity contribution is 5.24. The van der Waals surface area contributed by atoms with Crippen molar-refractivity contribution in [1.82, 2.24) is 4.98 Å². The summed E-state index contributed by atoms with van der Waals surface area (Å²) in [5, 5.41) is 0. The van der Waals surface area contributed by atoms with Gasteiger partial charge >= 0.3 is 0 Å². The molecule has 0 atom stereocenters. The predicted molar refractivity (Wildman–Crippen MR) is 57.1 cm³/mol. The van der Waals surface area contributed by atoms with Crippen LogP contribution in [0.1, 0.15) is 50.1 Å². The molecule has 0 aliphatic heterocycles. The van der Waals surface area contributed by atoms with Crippen LogP contribution < -0.4 is 0 Å². The Morgan fingerprint density at radius 1 is 1.31 bits per heavy atom. The molecule has 0 unspecified atom stereocenters. The average molecular weight is 177 g/mol. The summed E-state index contributed by atoms with van der Waals surface area (Å²) in [5.74, 6) is 0.586. The lowest BCUT2D eigenvalue weighted by atomic mass is 10.0. The molecule has 1 rings (SSSR count). The van der Waals surface area contributed by atoms with Crippen LogP contribution >= 0.6 is 0 Å². The minimum atomic E-state index is 0.586. The molecule has 1 nitrogen and oxygen atoms in total. The number of hydrogen-bond donors (Lipinski definition) is 0. The van der Waals surface area contributed by atoms with E-state index >= 15 is 0 Å². The number of aromatic nitrogens is 1. The monoisotopic (exact) mass is 177 g/mol. The Morgan fingerprint density at radius 3 is 2.46 bits per heavy atom. The van der Waals surface area contributed by atoms with Gasteiger partial charge in [-0.25, -0.2) is 0 Å². The Bertz CT molecular complexity index is 276. The molecule has 0 bridgehead atoms. The standard InChI is InChI=1S/C12H19N/c1-5-6-11-7-8-12(9(2)3)10(4)13-11/h7-9H,5-6H2,1-4H3. The Hall–Kier alpha value is -0.850. The largest absolute Gasteiger partial charge is 0.258 e. The highest BCUT2D eigenvalue weighted by atomic mass is 14.7. The topological polar surface area (TPSA) is 12.9 Å². The van der Waals surface area contributed by atoms with Gasteiger partial charge in [-0.1, -0.05) is 33.3 Å². The van der Waals surface area contributed by atoms with Crippen molar-refractivity contribution in [3.63, 3.8) is 0 Å². The molecule has 0 aliphatic carbocycles. The molecule has 1 aromatic heterocycles. The summed E-state index contributed by atoms with van der Waals surface area (Å²) in [5.41, 5.74) is 3.80. The van der Waals surface area contributed by atoms with Crippen molar-refractivity contribution >= 4 is 0 Å². The normalized spacial score (nSPS) is 10.8. The van der Waals surface area contributed by atoms with Crippen LogP contribution in [0.3, 0.4) is 0 Å². The molecule has 0 amide bonds. The minimum absolute atomic E-state index is 0.586. The Labute approximate surface area is 81.2 Å². The van der Waals surface area contributed by atoms with Gasteiger partial charge in [0.2, 0.25) is 0 Å². The van der Waals surface area contributed by atoms with Crippen LogP contribution in [0.25, 0.3) is 0 Å². The Morgan fingerprint density at radius 2 is 2.00 bits per heavy atom. The summed E-state index contributed by atoms with van der Waals surface area (Å²) in [6, 6.07) is 4.38. The van der Waals surface area contributed by atoms with Gasteiger partial charge in [-0.05, 0) is 30.9 Å². The molecule has 0 fully saturated rings. The number of pyridine rings is 1. The molecule has 72 valence electrons. The molecule has 13 heavy (non-hydrogen) atoms. The highest BCUT2D eigenvalue weighted by Crippen LogP contribution is 2.17. The van der Waals surface area contributed by atoms with E-state index in [0.29, 0.717) is 5.92 Å². The summed E-state index contributed by atoms with van der Waals surface area (Å²) in [6.07, 6.45) is 2.27. The van der Waals surface area contributed by atoms with E-state index in [4.69, 9.17) is 0 Å². The van der Waals surface area contributed by atoms with Crippen LogP contribution in [0.2, 0.25) is 0 Å². The van der Waals surface area contributed by atoms with Gasteiger partial charge in [0.25, 0.3) is 0 Å². The van der Waals surface area contributed by atoms with E-state index in [-0.39, 0.29) is 0 Å². The van der Waals surface area contributed by atoms with Crippen molar-refractivity contribution in [3.8, 4) is 0 Å². The van der Waals surface area contributed by atoms with Crippen LogP contribution in [0.5, 0.6) is 0 Å². The molecule has 0 N–H and O–H groups in total. The molecule has 0 radical (unpaired) electrons. The second-order valence-electron chi connectivity index (χ2n) is 3.88. The lowest BCUT2D eigenvalue weighted by molar-refractivity contribution is 0.818. The highest BCUT2D eigenvalue weighted by Gasteiger charge is 2.04. The third kappa shape index (κ3) is 2.55. The summed E-state index contributed by atoms with van der Waals surface area (Å²) in [7, 11) is 0. The van der Waals surface area contributed by atoms with Gasteiger partial charge < -0.3 is 0 Å². The molecule has 0 aromatic carbocycles. The van der Waals surface area contributed by atoms with Crippen LogP contribution in [0.4, 0.5) is 0 Å². The second-order valence-corrected chi connectivity index (χ2v) is 3.88. The zero-order valence-electron chi connectivity index (χ0n) is 9.09. The van der Waals surface area contributed by atoms with Gasteiger partial charge in [-0.15, -0.1) is 0 Å². The van der Waals surface area contributed by atoms with E-state index in [1.54, 1.807) is 0 Å². The first-order valence-corrected chi connectivity index (χ1v) is 5.11. The van der Waals surface area contributed by atoms with Crippen molar-refractivity contribution in [2.24, 2.45) is 0 Å². The molecular weight excluding hydrogens is 158 g/mol. The van der Waals surface area contributed by atoms with E-state index in [1.807, 2.05) is 0 Å². The maximum Gasteiger partial charge on any atom is 0.0410 e. The first-order valence-electron chi connectivity index (χ1n) is 5.11. The maximum absolute atomic E-state index is 4.58. The zero-order valence-corrected chi connectivity index (χ0v) is 9.09. The molecule has 0 saturated carbocycles. The van der Waals surface area contributed by atoms with Crippen LogP contribution in [-0.2, 0) is 6.42 Å². The molecule has 0 saturated heterocycles. The van der Waals surface area contributed by atoms with Gasteiger partial charge in [0.15, 0.2) is 0 Å². The third-order valence-corrected chi connectivity index (χ3v) is 2.31. The van der Waals surface area contributed by atoms with Crippen molar-refractivity contribution in [2.75, 3.05) is 0 Å². The summed E-state index contributed by atoms with van der Waals surface area (Å²) in [4.78, 5) is 4.58. The average Bonchev–Trinajstić information content (AvgIpc) is 2.04. The second kappa shape index (κ2) is 4.40. The molecule has 0 aliphatic rings. The minimum Gasteiger partial charge on any atom is -0.258 e. The lowest BCUT2D eigenvalue weighted by Gasteiger charge is -2.09. The van der Waals surface area contributed by atoms with Crippen molar-refractivity contribution < 1.29 is 0 Å². The van der Waals surface area contributed by atoms with E-state index < -0.39 is 0 Å². The van der Waals surface area contributed by atoms with Gasteiger partial charge in [-0.2, -0.15) is 0 Å². The fraction of sp³-hybridized carbons (Fsp3) is 0.583. The summed E-state index contributed by atoms with van der Waals surface area (Å²) < 4.78 is 0. The quantitative estimate of drug-likeness (QED) is 0.689. The van der Waals surface area contributed by atoms with Crippen LogP contribution in [-0.4, -0.2) is 4.98 Å². The molecule has 1 heterocycles. The smallest absolute Gasteiger partial charge is 0.0410 e. The van der Waals surface area contributed by atoms with E-state index in [2.05, 4.69) is 44.8 Å². The number of aryl methyl sites for hydroxylation is 2. The molecular formula is C12H19N. The van der Waals surface area contributed by atoms with E-state index in [9.17, 15) is 0 Å². The van der Waals surface area contributed by atoms with Crippen molar-refractivity contribution in [1.29, 1.82) is 0 Å². The predicted octanol–water partition coefficient (Wildman–Crippen LogP) is 3.47. The fourth-order valence-electron chi connectivity index (χ4n) is 1.63. The number of hydrogen-bond acceptors (Lipinski definition) is 1. The molecule has 0 spiro atoms. The summed E-state index contributed by atoms with van der Waals surface area (Å²) in [6.45, 7) is 8.72. The van der Waals surface area contributed by atoms with Gasteiger partial charge in [0, 0.05) is 11.4 Å². The van der Waals surface area contributed by atoms with E-state index in [1.165, 1.54) is 23.4 Å². The maximum atomic E-state index is 4.58. The SMILES string of the molecule is CCCc1ccc(C(C)C)c(C)n1. The van der Waals surface area contributed by atoms with E-state index in [0.717, 1.165) is 6.42 Å². The number of rotatable bonds is 3. The summed E-state index contributed by atoms with van der Waals surface area (Å²) >= 11 is 0. The van der Waals surface area contributed by atoms with Gasteiger partial charge in [0.1, 0.15) is 0 Å².